The highest BCUT2D eigenvalue weighted by molar-refractivity contribution is 5.41. The van der Waals surface area contributed by atoms with Crippen molar-refractivity contribution in [2.75, 3.05) is 12.3 Å². The van der Waals surface area contributed by atoms with Crippen LogP contribution in [0.4, 0.5) is 10.1 Å². The highest BCUT2D eigenvalue weighted by Crippen LogP contribution is 2.16. The molecule has 3 N–H and O–H groups in total. The van der Waals surface area contributed by atoms with E-state index in [0.717, 1.165) is 11.1 Å². The van der Waals surface area contributed by atoms with Crippen LogP contribution in [-0.4, -0.2) is 11.7 Å². The Hall–Kier alpha value is -2.07. The first-order valence-corrected chi connectivity index (χ1v) is 6.05. The third-order valence-electron chi connectivity index (χ3n) is 2.79. The van der Waals surface area contributed by atoms with E-state index in [2.05, 4.69) is 0 Å². The van der Waals surface area contributed by atoms with E-state index in [1.54, 1.807) is 6.07 Å². The summed E-state index contributed by atoms with van der Waals surface area (Å²) in [6, 6.07) is 12.1. The van der Waals surface area contributed by atoms with Crippen LogP contribution in [0.25, 0.3) is 0 Å². The van der Waals surface area contributed by atoms with E-state index in [0.29, 0.717) is 12.2 Å². The fourth-order valence-electron chi connectivity index (χ4n) is 1.71. The average molecular weight is 261 g/mol. The molecule has 0 saturated carbocycles. The van der Waals surface area contributed by atoms with Crippen molar-refractivity contribution in [1.29, 1.82) is 0 Å². The largest absolute Gasteiger partial charge is 0.489 e. The van der Waals surface area contributed by atoms with Gasteiger partial charge in [-0.05, 0) is 41.8 Å². The van der Waals surface area contributed by atoms with Crippen molar-refractivity contribution in [3.8, 4) is 5.75 Å². The minimum Gasteiger partial charge on any atom is -0.489 e. The monoisotopic (exact) mass is 261 g/mol. The predicted octanol–water partition coefficient (Wildman–Crippen LogP) is 2.52. The lowest BCUT2D eigenvalue weighted by molar-refractivity contribution is 0.298. The molecule has 0 unspecified atom stereocenters. The molecule has 3 nitrogen and oxygen atoms in total. The number of aliphatic hydroxyl groups excluding tert-OH is 1. The number of nitrogens with two attached hydrogens (primary N) is 1. The molecular formula is C15H16FNO2. The summed E-state index contributed by atoms with van der Waals surface area (Å²) in [5.74, 6) is 0.276. The van der Waals surface area contributed by atoms with E-state index in [1.165, 1.54) is 12.1 Å². The Labute approximate surface area is 111 Å². The average Bonchev–Trinajstić information content (AvgIpc) is 2.42. The number of halogens is 1. The molecule has 0 radical (unpaired) electrons. The Morgan fingerprint density at radius 3 is 2.37 bits per heavy atom. The van der Waals surface area contributed by atoms with Gasteiger partial charge in [0.15, 0.2) is 0 Å². The van der Waals surface area contributed by atoms with E-state index >= 15 is 0 Å². The molecule has 0 saturated heterocycles. The molecule has 0 atom stereocenters. The van der Waals surface area contributed by atoms with E-state index in [4.69, 9.17) is 15.6 Å². The first-order valence-electron chi connectivity index (χ1n) is 6.05. The molecule has 0 heterocycles. The van der Waals surface area contributed by atoms with Crippen molar-refractivity contribution < 1.29 is 14.2 Å². The van der Waals surface area contributed by atoms with Gasteiger partial charge in [0.2, 0.25) is 0 Å². The quantitative estimate of drug-likeness (QED) is 0.813. The topological polar surface area (TPSA) is 55.5 Å². The number of benzene rings is 2. The Kier molecular flexibility index (Phi) is 4.36. The zero-order valence-electron chi connectivity index (χ0n) is 10.5. The Bertz CT molecular complexity index is 540. The van der Waals surface area contributed by atoms with Crippen LogP contribution >= 0.6 is 0 Å². The lowest BCUT2D eigenvalue weighted by Crippen LogP contribution is -1.98. The minimum atomic E-state index is -0.431. The van der Waals surface area contributed by atoms with Crippen LogP contribution in [0.5, 0.6) is 5.75 Å². The molecule has 19 heavy (non-hydrogen) atoms. The van der Waals surface area contributed by atoms with Crippen LogP contribution in [0, 0.1) is 5.82 Å². The van der Waals surface area contributed by atoms with Crippen LogP contribution in [0.15, 0.2) is 42.5 Å². The van der Waals surface area contributed by atoms with Crippen LogP contribution in [-0.2, 0) is 13.0 Å². The maximum absolute atomic E-state index is 13.2. The van der Waals surface area contributed by atoms with E-state index in [-0.39, 0.29) is 18.9 Å². The zero-order valence-corrected chi connectivity index (χ0v) is 10.5. The molecule has 2 aromatic rings. The molecule has 4 heteroatoms. The summed E-state index contributed by atoms with van der Waals surface area (Å²) in [7, 11) is 0. The summed E-state index contributed by atoms with van der Waals surface area (Å²) in [4.78, 5) is 0. The third-order valence-corrected chi connectivity index (χ3v) is 2.79. The highest BCUT2D eigenvalue weighted by Gasteiger charge is 2.01. The van der Waals surface area contributed by atoms with Gasteiger partial charge in [-0.1, -0.05) is 18.2 Å². The lowest BCUT2D eigenvalue weighted by Gasteiger charge is -2.08. The van der Waals surface area contributed by atoms with Gasteiger partial charge in [0.1, 0.15) is 18.2 Å². The van der Waals surface area contributed by atoms with E-state index < -0.39 is 5.82 Å². The molecule has 0 fully saturated rings. The minimum absolute atomic E-state index is 0.130. The molecule has 100 valence electrons. The SMILES string of the molecule is Nc1ccc(COc2ccc(CCO)cc2)cc1F. The Balaban J connectivity index is 1.96. The maximum atomic E-state index is 13.2. The van der Waals surface area contributed by atoms with Gasteiger partial charge in [-0.3, -0.25) is 0 Å². The second-order valence-electron chi connectivity index (χ2n) is 4.26. The Morgan fingerprint density at radius 2 is 1.74 bits per heavy atom. The third kappa shape index (κ3) is 3.69. The second-order valence-corrected chi connectivity index (χ2v) is 4.26. The summed E-state index contributed by atoms with van der Waals surface area (Å²) in [6.45, 7) is 0.418. The summed E-state index contributed by atoms with van der Waals surface area (Å²) >= 11 is 0. The van der Waals surface area contributed by atoms with E-state index in [9.17, 15) is 4.39 Å². The van der Waals surface area contributed by atoms with Gasteiger partial charge >= 0.3 is 0 Å². The molecular weight excluding hydrogens is 245 g/mol. The Morgan fingerprint density at radius 1 is 1.05 bits per heavy atom. The number of nitrogen functional groups attached to an aromatic ring is 1. The smallest absolute Gasteiger partial charge is 0.146 e. The summed E-state index contributed by atoms with van der Waals surface area (Å²) in [6.07, 6.45) is 0.628. The zero-order chi connectivity index (χ0) is 13.7. The number of hydrogen-bond donors (Lipinski definition) is 2. The normalized spacial score (nSPS) is 10.4. The van der Waals surface area contributed by atoms with Crippen molar-refractivity contribution in [2.45, 2.75) is 13.0 Å². The fourth-order valence-corrected chi connectivity index (χ4v) is 1.71. The van der Waals surface area contributed by atoms with Gasteiger partial charge in [-0.2, -0.15) is 0 Å². The molecule has 0 aliphatic carbocycles. The highest BCUT2D eigenvalue weighted by atomic mass is 19.1. The van der Waals surface area contributed by atoms with Gasteiger partial charge < -0.3 is 15.6 Å². The first kappa shape index (κ1) is 13.4. The van der Waals surface area contributed by atoms with Crippen LogP contribution < -0.4 is 10.5 Å². The number of aliphatic hydroxyl groups is 1. The molecule has 2 aromatic carbocycles. The standard InChI is InChI=1S/C15H16FNO2/c16-14-9-12(3-6-15(14)17)10-19-13-4-1-11(2-5-13)7-8-18/h1-6,9,18H,7-8,10,17H2. The molecule has 2 rings (SSSR count). The van der Waals surface area contributed by atoms with E-state index in [1.807, 2.05) is 24.3 Å². The molecule has 0 spiro atoms. The van der Waals surface area contributed by atoms with Crippen molar-refractivity contribution in [3.63, 3.8) is 0 Å². The first-order chi connectivity index (χ1) is 9.19. The molecule has 0 amide bonds. The maximum Gasteiger partial charge on any atom is 0.146 e. The molecule has 0 aliphatic heterocycles. The van der Waals surface area contributed by atoms with Gasteiger partial charge in [-0.25, -0.2) is 4.39 Å². The van der Waals surface area contributed by atoms with Gasteiger partial charge in [0.25, 0.3) is 0 Å². The molecule has 0 aromatic heterocycles. The second kappa shape index (κ2) is 6.20. The summed E-state index contributed by atoms with van der Waals surface area (Å²) in [5, 5.41) is 8.81. The van der Waals surface area contributed by atoms with Gasteiger partial charge in [0, 0.05) is 6.61 Å². The molecule has 0 aliphatic rings. The lowest BCUT2D eigenvalue weighted by atomic mass is 10.1. The number of hydrogen-bond acceptors (Lipinski definition) is 3. The van der Waals surface area contributed by atoms with Crippen LogP contribution in [0.3, 0.4) is 0 Å². The fraction of sp³-hybridized carbons (Fsp3) is 0.200. The van der Waals surface area contributed by atoms with Crippen molar-refractivity contribution in [2.24, 2.45) is 0 Å². The molecule has 0 bridgehead atoms. The van der Waals surface area contributed by atoms with Crippen molar-refractivity contribution in [1.82, 2.24) is 0 Å². The van der Waals surface area contributed by atoms with Gasteiger partial charge in [0.05, 0.1) is 5.69 Å². The number of ether oxygens (including phenoxy) is 1. The summed E-state index contributed by atoms with van der Waals surface area (Å²) in [5.41, 5.74) is 7.32. The van der Waals surface area contributed by atoms with Gasteiger partial charge in [-0.15, -0.1) is 0 Å². The summed E-state index contributed by atoms with van der Waals surface area (Å²) < 4.78 is 18.8. The number of rotatable bonds is 5. The number of anilines is 1. The van der Waals surface area contributed by atoms with Crippen molar-refractivity contribution >= 4 is 5.69 Å². The predicted molar refractivity (Wildman–Crippen MR) is 72.4 cm³/mol. The van der Waals surface area contributed by atoms with Crippen LogP contribution in [0.1, 0.15) is 11.1 Å². The van der Waals surface area contributed by atoms with Crippen LogP contribution in [0.2, 0.25) is 0 Å². The van der Waals surface area contributed by atoms with Crippen molar-refractivity contribution in [3.05, 3.63) is 59.4 Å².